The van der Waals surface area contributed by atoms with Crippen molar-refractivity contribution in [1.82, 2.24) is 14.5 Å². The van der Waals surface area contributed by atoms with Crippen LogP contribution in [0.4, 0.5) is 0 Å². The highest BCUT2D eigenvalue weighted by molar-refractivity contribution is 6.44. The minimum Gasteiger partial charge on any atom is -0.457 e. The molecule has 2 aliphatic heterocycles. The van der Waals surface area contributed by atoms with Crippen LogP contribution in [0.5, 0.6) is 0 Å². The van der Waals surface area contributed by atoms with E-state index in [1.54, 1.807) is 20.8 Å². The van der Waals surface area contributed by atoms with Crippen LogP contribution < -0.4 is 11.3 Å². The molecule has 6 rings (SSSR count). The molecule has 2 aliphatic carbocycles. The third-order valence-electron chi connectivity index (χ3n) is 9.91. The van der Waals surface area contributed by atoms with Crippen molar-refractivity contribution in [2.45, 2.75) is 121 Å². The molecule has 4 fully saturated rings. The maximum absolute atomic E-state index is 14.2. The first-order valence-electron chi connectivity index (χ1n) is 16.1. The predicted molar refractivity (Wildman–Crippen MR) is 164 cm³/mol. The number of piperidine rings is 2. The van der Waals surface area contributed by atoms with Gasteiger partial charge in [-0.15, -0.1) is 0 Å². The summed E-state index contributed by atoms with van der Waals surface area (Å²) < 4.78 is 7.06. The van der Waals surface area contributed by atoms with E-state index >= 15 is 0 Å². The molecule has 5 atom stereocenters. The topological polar surface area (TPSA) is 129 Å². The van der Waals surface area contributed by atoms with Gasteiger partial charge in [-0.05, 0) is 89.7 Å². The fraction of sp³-hybridized carbons (Fsp3) is 0.667. The molecule has 1 aromatic carbocycles. The highest BCUT2D eigenvalue weighted by Gasteiger charge is 2.45. The molecule has 10 heteroatoms. The summed E-state index contributed by atoms with van der Waals surface area (Å²) in [5, 5.41) is 3.83. The third-order valence-corrected chi connectivity index (χ3v) is 9.91. The summed E-state index contributed by atoms with van der Waals surface area (Å²) in [6, 6.07) is 8.98. The lowest BCUT2D eigenvalue weighted by atomic mass is 9.68. The van der Waals surface area contributed by atoms with E-state index in [4.69, 9.17) is 15.3 Å². The molecular weight excluding hydrogens is 546 g/mol. The van der Waals surface area contributed by atoms with Crippen LogP contribution in [-0.2, 0) is 19.2 Å². The van der Waals surface area contributed by atoms with Crippen molar-refractivity contribution in [2.24, 2.45) is 22.7 Å². The number of fused-ring (bicyclic) bond motifs is 5. The number of esters is 1. The van der Waals surface area contributed by atoms with Crippen molar-refractivity contribution in [3.8, 4) is 0 Å². The first-order valence-corrected chi connectivity index (χ1v) is 16.1. The standard InChI is InChI=1S/C33H45N5O5/c1-33(2,3)43-28(39)19-42-36-29(31(34)40)30-32(41)38(27-13-5-4-12-26(27)35-30)25-17-22-10-7-11-23(18-25)37(22)24-15-20-8-6-9-21(14-20)16-24/h4-5,12-13,20-25H,6-11,14-19H2,1-3H3,(H2,34,40)/t20?,21?,22-,23+,24?,25+. The number of carbonyl (C=O) groups is 2. The molecule has 0 spiro atoms. The number of ether oxygens (including phenoxy) is 1. The van der Waals surface area contributed by atoms with Crippen molar-refractivity contribution in [2.75, 3.05) is 6.61 Å². The van der Waals surface area contributed by atoms with E-state index in [-0.39, 0.29) is 11.7 Å². The van der Waals surface area contributed by atoms with E-state index < -0.39 is 35.4 Å². The second-order valence-electron chi connectivity index (χ2n) is 14.1. The number of aromatic nitrogens is 2. The lowest BCUT2D eigenvalue weighted by Crippen LogP contribution is -2.58. The van der Waals surface area contributed by atoms with Crippen molar-refractivity contribution < 1.29 is 19.2 Å². The number of para-hydroxylation sites is 2. The maximum Gasteiger partial charge on any atom is 0.347 e. The number of nitrogens with zero attached hydrogens (tertiary/aromatic N) is 4. The van der Waals surface area contributed by atoms with Crippen LogP contribution in [0.2, 0.25) is 0 Å². The van der Waals surface area contributed by atoms with Gasteiger partial charge in [-0.2, -0.15) is 0 Å². The lowest BCUT2D eigenvalue weighted by molar-refractivity contribution is -0.160. The fourth-order valence-corrected chi connectivity index (χ4v) is 8.53. The number of nitrogens with two attached hydrogens (primary N) is 1. The van der Waals surface area contributed by atoms with Gasteiger partial charge >= 0.3 is 5.97 Å². The smallest absolute Gasteiger partial charge is 0.347 e. The zero-order valence-corrected chi connectivity index (χ0v) is 25.7. The normalized spacial score (nSPS) is 29.7. The fourth-order valence-electron chi connectivity index (χ4n) is 8.53. The number of benzene rings is 1. The molecule has 3 heterocycles. The molecule has 10 nitrogen and oxygen atoms in total. The number of primary amides is 1. The molecule has 2 unspecified atom stereocenters. The number of rotatable bonds is 7. The summed E-state index contributed by atoms with van der Waals surface area (Å²) >= 11 is 0. The van der Waals surface area contributed by atoms with Crippen LogP contribution in [0.15, 0.2) is 34.2 Å². The summed E-state index contributed by atoms with van der Waals surface area (Å²) in [7, 11) is 0. The molecule has 4 bridgehead atoms. The van der Waals surface area contributed by atoms with Gasteiger partial charge < -0.3 is 19.9 Å². The molecule has 1 amide bonds. The highest BCUT2D eigenvalue weighted by Crippen LogP contribution is 2.47. The molecule has 1 aromatic heterocycles. The average Bonchev–Trinajstić information content (AvgIpc) is 2.93. The first kappa shape index (κ1) is 29.8. The van der Waals surface area contributed by atoms with Gasteiger partial charge in [0.1, 0.15) is 5.60 Å². The number of carbonyl (C=O) groups excluding carboxylic acids is 2. The van der Waals surface area contributed by atoms with Crippen molar-refractivity contribution in [1.29, 1.82) is 0 Å². The summed E-state index contributed by atoms with van der Waals surface area (Å²) in [5.74, 6) is 0.137. The molecule has 2 saturated carbocycles. The first-order chi connectivity index (χ1) is 20.6. The third kappa shape index (κ3) is 6.35. The van der Waals surface area contributed by atoms with E-state index in [9.17, 15) is 14.4 Å². The predicted octanol–water partition coefficient (Wildman–Crippen LogP) is 4.47. The van der Waals surface area contributed by atoms with Gasteiger partial charge in [0, 0.05) is 24.2 Å². The molecule has 2 N–H and O–H groups in total. The minimum atomic E-state index is -0.954. The lowest BCUT2D eigenvalue weighted by Gasteiger charge is -2.55. The Bertz CT molecular complexity index is 1440. The second-order valence-corrected chi connectivity index (χ2v) is 14.1. The van der Waals surface area contributed by atoms with Crippen LogP contribution in [0, 0.1) is 11.8 Å². The van der Waals surface area contributed by atoms with E-state index in [0.29, 0.717) is 23.6 Å². The summed E-state index contributed by atoms with van der Waals surface area (Å²) in [6.07, 6.45) is 13.5. The van der Waals surface area contributed by atoms with Crippen molar-refractivity contribution in [3.05, 3.63) is 40.3 Å². The Labute approximate surface area is 253 Å². The molecule has 2 aromatic rings. The minimum absolute atomic E-state index is 0.0365. The Kier molecular flexibility index (Phi) is 8.33. The van der Waals surface area contributed by atoms with Gasteiger partial charge in [0.25, 0.3) is 11.5 Å². The average molecular weight is 592 g/mol. The molecule has 0 radical (unpaired) electrons. The van der Waals surface area contributed by atoms with Gasteiger partial charge in [-0.1, -0.05) is 43.0 Å². The highest BCUT2D eigenvalue weighted by atomic mass is 16.7. The number of hydrogen-bond donors (Lipinski definition) is 1. The Morgan fingerprint density at radius 2 is 1.58 bits per heavy atom. The van der Waals surface area contributed by atoms with Crippen LogP contribution in [-0.4, -0.2) is 62.4 Å². The van der Waals surface area contributed by atoms with Gasteiger partial charge in [0.2, 0.25) is 6.61 Å². The van der Waals surface area contributed by atoms with Crippen LogP contribution >= 0.6 is 0 Å². The van der Waals surface area contributed by atoms with Crippen LogP contribution in [0.25, 0.3) is 11.0 Å². The Balaban J connectivity index is 1.30. The van der Waals surface area contributed by atoms with Gasteiger partial charge in [-0.3, -0.25) is 14.5 Å². The summed E-state index contributed by atoms with van der Waals surface area (Å²) in [4.78, 5) is 51.4. The quantitative estimate of drug-likeness (QED) is 0.286. The zero-order valence-electron chi connectivity index (χ0n) is 25.7. The van der Waals surface area contributed by atoms with E-state index in [1.807, 2.05) is 28.8 Å². The van der Waals surface area contributed by atoms with Crippen LogP contribution in [0.3, 0.4) is 0 Å². The van der Waals surface area contributed by atoms with Gasteiger partial charge in [0.15, 0.2) is 11.4 Å². The molecule has 43 heavy (non-hydrogen) atoms. The van der Waals surface area contributed by atoms with E-state index in [2.05, 4.69) is 15.0 Å². The molecule has 2 saturated heterocycles. The maximum atomic E-state index is 14.2. The number of amides is 1. The number of hydrogen-bond acceptors (Lipinski definition) is 8. The van der Waals surface area contributed by atoms with Crippen LogP contribution in [0.1, 0.15) is 103 Å². The van der Waals surface area contributed by atoms with Gasteiger partial charge in [0.05, 0.1) is 11.0 Å². The molecular formula is C33H45N5O5. The van der Waals surface area contributed by atoms with E-state index in [1.165, 1.54) is 44.9 Å². The zero-order chi connectivity index (χ0) is 30.3. The van der Waals surface area contributed by atoms with Gasteiger partial charge in [-0.25, -0.2) is 9.78 Å². The Hall–Kier alpha value is -3.27. The van der Waals surface area contributed by atoms with Crippen molar-refractivity contribution >= 4 is 28.6 Å². The largest absolute Gasteiger partial charge is 0.457 e. The Morgan fingerprint density at radius 3 is 2.23 bits per heavy atom. The van der Waals surface area contributed by atoms with Crippen molar-refractivity contribution in [3.63, 3.8) is 0 Å². The second kappa shape index (κ2) is 12.0. The summed E-state index contributed by atoms with van der Waals surface area (Å²) in [6.45, 7) is 4.69. The summed E-state index contributed by atoms with van der Waals surface area (Å²) in [5.41, 5.74) is 5.31. The molecule has 232 valence electrons. The monoisotopic (exact) mass is 591 g/mol. The number of oxime groups is 1. The Morgan fingerprint density at radius 1 is 0.930 bits per heavy atom. The molecule has 4 aliphatic rings. The van der Waals surface area contributed by atoms with E-state index in [0.717, 1.165) is 43.0 Å². The SMILES string of the molecule is CC(C)(C)OC(=O)CON=C(C(N)=O)c1nc2ccccc2n([C@H]2C[C@H]3CCC[C@@H](C2)N3C2CC3CCCC(C3)C2)c1=O.